The maximum absolute atomic E-state index is 10.7. The Morgan fingerprint density at radius 3 is 2.57 bits per heavy atom. The van der Waals surface area contributed by atoms with Gasteiger partial charge in [0, 0.05) is 10.0 Å². The van der Waals surface area contributed by atoms with Crippen molar-refractivity contribution in [2.75, 3.05) is 0 Å². The molecule has 76 valence electrons. The first-order valence-electron chi connectivity index (χ1n) is 4.46. The largest absolute Gasteiger partial charge is 0.491 e. The minimum Gasteiger partial charge on any atom is -0.491 e. The third kappa shape index (κ3) is 2.58. The van der Waals surface area contributed by atoms with E-state index >= 15 is 0 Å². The van der Waals surface area contributed by atoms with Gasteiger partial charge in [0.05, 0.1) is 6.10 Å². The van der Waals surface area contributed by atoms with E-state index in [9.17, 15) is 4.79 Å². The maximum Gasteiger partial charge on any atom is 0.151 e. The zero-order chi connectivity index (χ0) is 10.7. The van der Waals surface area contributed by atoms with Crippen LogP contribution in [0.15, 0.2) is 16.6 Å². The second-order valence-electron chi connectivity index (χ2n) is 3.42. The summed E-state index contributed by atoms with van der Waals surface area (Å²) in [7, 11) is 0. The smallest absolute Gasteiger partial charge is 0.151 e. The molecule has 1 aromatic rings. The molecule has 3 heteroatoms. The van der Waals surface area contributed by atoms with Crippen molar-refractivity contribution in [3.8, 4) is 5.75 Å². The number of ether oxygens (including phenoxy) is 1. The van der Waals surface area contributed by atoms with Gasteiger partial charge in [-0.2, -0.15) is 0 Å². The first-order valence-corrected chi connectivity index (χ1v) is 5.26. The highest BCUT2D eigenvalue weighted by Gasteiger charge is 2.07. The van der Waals surface area contributed by atoms with Gasteiger partial charge in [0.15, 0.2) is 6.29 Å². The highest BCUT2D eigenvalue weighted by molar-refractivity contribution is 9.10. The van der Waals surface area contributed by atoms with Crippen LogP contribution in [0.3, 0.4) is 0 Å². The van der Waals surface area contributed by atoms with Crippen molar-refractivity contribution in [1.82, 2.24) is 0 Å². The van der Waals surface area contributed by atoms with E-state index in [1.807, 2.05) is 26.8 Å². The lowest BCUT2D eigenvalue weighted by molar-refractivity contribution is 0.112. The van der Waals surface area contributed by atoms with Crippen LogP contribution in [0.4, 0.5) is 0 Å². The summed E-state index contributed by atoms with van der Waals surface area (Å²) in [6.45, 7) is 5.88. The van der Waals surface area contributed by atoms with E-state index in [-0.39, 0.29) is 6.10 Å². The Hall–Kier alpha value is -0.830. The van der Waals surface area contributed by atoms with Crippen molar-refractivity contribution < 1.29 is 9.53 Å². The Bertz CT molecular complexity index is 345. The van der Waals surface area contributed by atoms with Gasteiger partial charge in [-0.15, -0.1) is 0 Å². The molecule has 0 aromatic heterocycles. The van der Waals surface area contributed by atoms with Crippen molar-refractivity contribution >= 4 is 22.2 Å². The first-order chi connectivity index (χ1) is 6.54. The minimum absolute atomic E-state index is 0.120. The summed E-state index contributed by atoms with van der Waals surface area (Å²) >= 11 is 3.32. The molecule has 0 N–H and O–H groups in total. The van der Waals surface area contributed by atoms with Gasteiger partial charge < -0.3 is 4.74 Å². The van der Waals surface area contributed by atoms with Crippen molar-refractivity contribution in [2.45, 2.75) is 26.9 Å². The molecule has 0 saturated heterocycles. The summed E-state index contributed by atoms with van der Waals surface area (Å²) in [5, 5.41) is 0. The van der Waals surface area contributed by atoms with E-state index < -0.39 is 0 Å². The summed E-state index contributed by atoms with van der Waals surface area (Å²) < 4.78 is 6.37. The van der Waals surface area contributed by atoms with Crippen LogP contribution < -0.4 is 4.74 Å². The van der Waals surface area contributed by atoms with E-state index in [4.69, 9.17) is 4.74 Å². The second-order valence-corrected chi connectivity index (χ2v) is 4.28. The normalized spacial score (nSPS) is 10.4. The fourth-order valence-corrected chi connectivity index (χ4v) is 1.69. The lowest BCUT2D eigenvalue weighted by Crippen LogP contribution is -2.07. The third-order valence-corrected chi connectivity index (χ3v) is 2.47. The van der Waals surface area contributed by atoms with Crippen LogP contribution in [-0.2, 0) is 0 Å². The topological polar surface area (TPSA) is 26.3 Å². The SMILES string of the molecule is Cc1cc(Br)c(C=O)cc1OC(C)C. The number of aldehydes is 1. The van der Waals surface area contributed by atoms with Gasteiger partial charge >= 0.3 is 0 Å². The molecule has 0 atom stereocenters. The van der Waals surface area contributed by atoms with Crippen LogP contribution in [0.2, 0.25) is 0 Å². The quantitative estimate of drug-likeness (QED) is 0.776. The number of halogens is 1. The van der Waals surface area contributed by atoms with Gasteiger partial charge in [-0.25, -0.2) is 0 Å². The first kappa shape index (κ1) is 11.2. The van der Waals surface area contributed by atoms with Gasteiger partial charge in [-0.1, -0.05) is 15.9 Å². The number of aryl methyl sites for hydroxylation is 1. The summed E-state index contributed by atoms with van der Waals surface area (Å²) in [5.41, 5.74) is 1.64. The lowest BCUT2D eigenvalue weighted by atomic mass is 10.1. The lowest BCUT2D eigenvalue weighted by Gasteiger charge is -2.13. The average Bonchev–Trinajstić information content (AvgIpc) is 2.09. The molecule has 0 bridgehead atoms. The molecule has 0 aliphatic carbocycles. The Balaban J connectivity index is 3.10. The van der Waals surface area contributed by atoms with Crippen molar-refractivity contribution in [3.05, 3.63) is 27.7 Å². The molecular formula is C11H13BrO2. The zero-order valence-electron chi connectivity index (χ0n) is 8.50. The van der Waals surface area contributed by atoms with Crippen LogP contribution in [0.25, 0.3) is 0 Å². The van der Waals surface area contributed by atoms with Crippen LogP contribution in [0, 0.1) is 6.92 Å². The monoisotopic (exact) mass is 256 g/mol. The van der Waals surface area contributed by atoms with Gasteiger partial charge in [0.2, 0.25) is 0 Å². The van der Waals surface area contributed by atoms with Crippen molar-refractivity contribution in [3.63, 3.8) is 0 Å². The van der Waals surface area contributed by atoms with Crippen molar-refractivity contribution in [2.24, 2.45) is 0 Å². The molecule has 14 heavy (non-hydrogen) atoms. The van der Waals surface area contributed by atoms with Gasteiger partial charge in [0.25, 0.3) is 0 Å². The van der Waals surface area contributed by atoms with E-state index in [1.165, 1.54) is 0 Å². The summed E-state index contributed by atoms with van der Waals surface area (Å²) in [4.78, 5) is 10.7. The molecule has 0 unspecified atom stereocenters. The molecule has 0 aliphatic rings. The number of hydrogen-bond acceptors (Lipinski definition) is 2. The van der Waals surface area contributed by atoms with Gasteiger partial charge in [0.1, 0.15) is 5.75 Å². The predicted octanol–water partition coefficient (Wildman–Crippen LogP) is 3.36. The zero-order valence-corrected chi connectivity index (χ0v) is 10.1. The standard InChI is InChI=1S/C11H13BrO2/c1-7(2)14-11-5-9(6-13)10(12)4-8(11)3/h4-7H,1-3H3. The molecule has 0 radical (unpaired) electrons. The van der Waals surface area contributed by atoms with Gasteiger partial charge in [-0.05, 0) is 38.5 Å². The van der Waals surface area contributed by atoms with Crippen LogP contribution in [0.1, 0.15) is 29.8 Å². The molecule has 0 aliphatic heterocycles. The summed E-state index contributed by atoms with van der Waals surface area (Å²) in [6, 6.07) is 3.65. The van der Waals surface area contributed by atoms with Gasteiger partial charge in [-0.3, -0.25) is 4.79 Å². The molecular weight excluding hydrogens is 244 g/mol. The molecule has 1 rings (SSSR count). The fourth-order valence-electron chi connectivity index (χ4n) is 1.14. The van der Waals surface area contributed by atoms with Crippen molar-refractivity contribution in [1.29, 1.82) is 0 Å². The molecule has 1 aromatic carbocycles. The van der Waals surface area contributed by atoms with Crippen LogP contribution >= 0.6 is 15.9 Å². The van der Waals surface area contributed by atoms with Crippen LogP contribution in [-0.4, -0.2) is 12.4 Å². The Labute approximate surface area is 92.4 Å². The molecule has 0 heterocycles. The predicted molar refractivity (Wildman–Crippen MR) is 60.0 cm³/mol. The Kier molecular flexibility index (Phi) is 3.69. The van der Waals surface area contributed by atoms with E-state index in [0.29, 0.717) is 5.56 Å². The summed E-state index contributed by atoms with van der Waals surface area (Å²) in [5.74, 6) is 0.769. The molecule has 0 fully saturated rings. The average molecular weight is 257 g/mol. The minimum atomic E-state index is 0.120. The second kappa shape index (κ2) is 4.60. The fraction of sp³-hybridized carbons (Fsp3) is 0.364. The summed E-state index contributed by atoms with van der Waals surface area (Å²) in [6.07, 6.45) is 0.936. The molecule has 0 spiro atoms. The molecule has 0 saturated carbocycles. The van der Waals surface area contributed by atoms with E-state index in [0.717, 1.165) is 22.1 Å². The number of rotatable bonds is 3. The molecule has 0 amide bonds. The Morgan fingerprint density at radius 2 is 2.07 bits per heavy atom. The third-order valence-electron chi connectivity index (χ3n) is 1.78. The number of carbonyl (C=O) groups excluding carboxylic acids is 1. The van der Waals surface area contributed by atoms with Crippen LogP contribution in [0.5, 0.6) is 5.75 Å². The maximum atomic E-state index is 10.7. The highest BCUT2D eigenvalue weighted by Crippen LogP contribution is 2.26. The number of carbonyl (C=O) groups is 1. The molecule has 2 nitrogen and oxygen atoms in total. The number of benzene rings is 1. The number of hydrogen-bond donors (Lipinski definition) is 0. The van der Waals surface area contributed by atoms with E-state index in [2.05, 4.69) is 15.9 Å². The Morgan fingerprint density at radius 1 is 1.43 bits per heavy atom. The van der Waals surface area contributed by atoms with E-state index in [1.54, 1.807) is 6.07 Å². The highest BCUT2D eigenvalue weighted by atomic mass is 79.9.